The van der Waals surface area contributed by atoms with Crippen molar-refractivity contribution in [1.82, 2.24) is 44.5 Å². The first-order valence-corrected chi connectivity index (χ1v) is 58.0. The molecule has 145 heavy (non-hydrogen) atoms. The SMILES string of the molecule is Cc1ccc(S(=O)(=O)Cc2cccc(C(=O)N3C(C)CCCC3C)n2)c(C)c1.Cc1ccc(S(=O)(=O)Cc2cccc(C(=O)N3CC(C)CC(C)C3)n2)c(C)c1.Cc1ccc(S(=O)(=O)Cc2cccc(C(=O)N3CCC(c4ccccc4)CC3)n2)c(C)c1.Cc1ccc(S(=O)(=O)Cc2cccc(C(=O)N3CCCC(C)C3)n2)c(C)c1.Cc1ccc(S(=O)(=O)Cc2cccc(C(=O)N3CCCc4ccccc43)n2)c(C)c1. The highest BCUT2D eigenvalue weighted by molar-refractivity contribution is 7.91. The Labute approximate surface area is 856 Å². The first-order chi connectivity index (χ1) is 68.8. The molecule has 30 heteroatoms. The van der Waals surface area contributed by atoms with E-state index < -0.39 is 49.2 Å². The molecule has 5 atom stereocenters. The van der Waals surface area contributed by atoms with Gasteiger partial charge in [0.25, 0.3) is 29.5 Å². The summed E-state index contributed by atoms with van der Waals surface area (Å²) in [5, 5.41) is 0. The van der Waals surface area contributed by atoms with Crippen LogP contribution in [0.5, 0.6) is 0 Å². The average molecular weight is 2060 g/mol. The summed E-state index contributed by atoms with van der Waals surface area (Å²) in [5.41, 5.74) is 15.5. The fraction of sp³-hybridized carbons (Fsp3) is 0.374. The Morgan fingerprint density at radius 3 is 0.959 bits per heavy atom. The number of pyridine rings is 5. The minimum Gasteiger partial charge on any atom is -0.337 e. The molecular weight excluding hydrogens is 1920 g/mol. The quantitative estimate of drug-likeness (QED) is 0.0645. The van der Waals surface area contributed by atoms with Crippen molar-refractivity contribution in [2.24, 2.45) is 17.8 Å². The minimum absolute atomic E-state index is 0.118. The van der Waals surface area contributed by atoms with Crippen molar-refractivity contribution < 1.29 is 66.1 Å². The molecule has 764 valence electrons. The van der Waals surface area contributed by atoms with Gasteiger partial charge in [0.1, 0.15) is 28.5 Å². The Bertz CT molecular complexity index is 7340. The maximum absolute atomic E-state index is 13.2. The third-order valence-corrected chi connectivity index (χ3v) is 36.1. The van der Waals surface area contributed by atoms with Crippen molar-refractivity contribution in [1.29, 1.82) is 0 Å². The molecule has 0 radical (unpaired) electrons. The van der Waals surface area contributed by atoms with Crippen LogP contribution in [0.1, 0.15) is 246 Å². The molecule has 0 spiro atoms. The van der Waals surface area contributed by atoms with Gasteiger partial charge in [-0.05, 0) is 307 Å². The van der Waals surface area contributed by atoms with Gasteiger partial charge in [-0.2, -0.15) is 0 Å². The van der Waals surface area contributed by atoms with Crippen LogP contribution in [-0.2, 0) is 84.4 Å². The highest BCUT2D eigenvalue weighted by atomic mass is 32.2. The molecule has 0 N–H and O–H groups in total. The molecule has 5 aliphatic rings. The lowest BCUT2D eigenvalue weighted by Gasteiger charge is -2.38. The summed E-state index contributed by atoms with van der Waals surface area (Å²) >= 11 is 0. The summed E-state index contributed by atoms with van der Waals surface area (Å²) < 4.78 is 129. The van der Waals surface area contributed by atoms with E-state index in [2.05, 4.69) is 83.8 Å². The van der Waals surface area contributed by atoms with E-state index in [9.17, 15) is 66.1 Å². The summed E-state index contributed by atoms with van der Waals surface area (Å²) in [6.07, 6.45) is 9.99. The van der Waals surface area contributed by atoms with Gasteiger partial charge in [-0.15, -0.1) is 0 Å². The van der Waals surface area contributed by atoms with E-state index in [1.165, 1.54) is 5.56 Å². The van der Waals surface area contributed by atoms with E-state index in [0.29, 0.717) is 125 Å². The zero-order valence-electron chi connectivity index (χ0n) is 85.7. The van der Waals surface area contributed by atoms with Crippen LogP contribution >= 0.6 is 0 Å². The zero-order valence-corrected chi connectivity index (χ0v) is 89.8. The van der Waals surface area contributed by atoms with E-state index in [1.807, 2.05) is 115 Å². The van der Waals surface area contributed by atoms with Crippen LogP contribution in [0.4, 0.5) is 5.69 Å². The van der Waals surface area contributed by atoms with Gasteiger partial charge in [0, 0.05) is 63.6 Å². The van der Waals surface area contributed by atoms with Crippen LogP contribution in [0, 0.1) is 87.0 Å². The molecule has 5 amide bonds. The number of nitrogens with zero attached hydrogens (tertiary/aromatic N) is 10. The molecule has 4 fully saturated rings. The number of piperidine rings is 4. The normalized spacial score (nSPS) is 17.3. The van der Waals surface area contributed by atoms with Crippen molar-refractivity contribution >= 4 is 84.4 Å². The summed E-state index contributed by atoms with van der Waals surface area (Å²) in [6, 6.07) is 70.3. The van der Waals surface area contributed by atoms with Crippen LogP contribution in [-0.4, -0.2) is 174 Å². The van der Waals surface area contributed by atoms with Gasteiger partial charge in [-0.1, -0.05) is 188 Å². The molecule has 5 aromatic heterocycles. The monoisotopic (exact) mass is 2050 g/mol. The Hall–Kier alpha value is -12.6. The number of aryl methyl sites for hydroxylation is 11. The van der Waals surface area contributed by atoms with E-state index in [0.717, 1.165) is 152 Å². The number of benzene rings is 7. The highest BCUT2D eigenvalue weighted by Crippen LogP contribution is 2.35. The number of hydrogen-bond acceptors (Lipinski definition) is 20. The molecule has 0 saturated carbocycles. The number of hydrogen-bond donors (Lipinski definition) is 0. The molecule has 5 unspecified atom stereocenters. The second kappa shape index (κ2) is 48.2. The van der Waals surface area contributed by atoms with Crippen LogP contribution in [0.3, 0.4) is 0 Å². The Balaban J connectivity index is 0.000000152. The number of carbonyl (C=O) groups is 5. The first kappa shape index (κ1) is 110. The third-order valence-electron chi connectivity index (χ3n) is 27.1. The fourth-order valence-corrected chi connectivity index (χ4v) is 27.8. The number of likely N-dealkylation sites (tertiary alicyclic amines) is 4. The van der Waals surface area contributed by atoms with Gasteiger partial charge >= 0.3 is 0 Å². The summed E-state index contributed by atoms with van der Waals surface area (Å²) in [5.74, 6) is 0.0438. The lowest BCUT2D eigenvalue weighted by atomic mass is 9.89. The van der Waals surface area contributed by atoms with Crippen molar-refractivity contribution in [3.05, 3.63) is 360 Å². The average Bonchev–Trinajstić information content (AvgIpc) is 0.801. The molecule has 0 aliphatic carbocycles. The number of amides is 5. The van der Waals surface area contributed by atoms with Gasteiger partial charge in [-0.3, -0.25) is 24.0 Å². The van der Waals surface area contributed by atoms with E-state index >= 15 is 0 Å². The predicted molar refractivity (Wildman–Crippen MR) is 568 cm³/mol. The van der Waals surface area contributed by atoms with Crippen molar-refractivity contribution in [2.45, 2.75) is 239 Å². The van der Waals surface area contributed by atoms with E-state index in [4.69, 9.17) is 0 Å². The zero-order chi connectivity index (χ0) is 105. The van der Waals surface area contributed by atoms with Gasteiger partial charge in [0.2, 0.25) is 0 Å². The minimum atomic E-state index is -3.56. The number of rotatable bonds is 21. The summed E-state index contributed by atoms with van der Waals surface area (Å²) in [7, 11) is -17.7. The largest absolute Gasteiger partial charge is 0.337 e. The molecule has 25 nitrogen and oxygen atoms in total. The number of sulfone groups is 5. The molecule has 17 rings (SSSR count). The molecule has 7 aromatic carbocycles. The molecule has 5 aliphatic heterocycles. The van der Waals surface area contributed by atoms with Gasteiger partial charge in [-0.25, -0.2) is 67.0 Å². The Kier molecular flexibility index (Phi) is 36.4. The number of aromatic nitrogens is 5. The van der Waals surface area contributed by atoms with Crippen molar-refractivity contribution in [3.63, 3.8) is 0 Å². The second-order valence-electron chi connectivity index (χ2n) is 39.9. The van der Waals surface area contributed by atoms with Crippen LogP contribution < -0.4 is 4.90 Å². The highest BCUT2D eigenvalue weighted by Gasteiger charge is 2.35. The van der Waals surface area contributed by atoms with Gasteiger partial charge in [0.15, 0.2) is 49.2 Å². The van der Waals surface area contributed by atoms with Crippen molar-refractivity contribution in [3.8, 4) is 0 Å². The van der Waals surface area contributed by atoms with Gasteiger partial charge in [0.05, 0.1) is 81.7 Å². The lowest BCUT2D eigenvalue weighted by molar-refractivity contribution is 0.0503. The van der Waals surface area contributed by atoms with E-state index in [1.54, 1.807) is 191 Å². The topological polar surface area (TPSA) is 337 Å². The fourth-order valence-electron chi connectivity index (χ4n) is 20.2. The standard InChI is InChI=1S/C26H28N2O3S.C24H24N2O3S.2C22H28N2O3S.C21H26N2O3S/c1-19-11-12-25(20(2)17-19)32(30,31)18-23-9-6-10-24(27-23)26(29)28-15-13-22(14-16-28)21-7-4-3-5-8-21;1-17-12-13-23(18(2)15-17)30(28,29)16-20-9-5-10-21(25-20)24(27)26-14-6-8-19-7-3-4-11-22(19)26;1-15-11-12-21(16(2)13-15)28(26,27)14-19-9-6-10-20(23-19)22(25)24-17(3)7-5-8-18(24)4;1-15-8-9-21(18(4)11-15)28(26,27)14-19-6-5-7-20(23-19)22(25)24-12-16(2)10-17(3)13-24;1-15-9-10-20(17(3)12-15)27(25,26)14-18-7-4-8-19(22-18)21(24)23-11-5-6-16(2)13-23/h3-12,17,22H,13-16,18H2,1-2H3;3-5,7,9-13,15H,6,8,14,16H2,1-2H3;6,9-13,17-18H,5,7-8,14H2,1-4H3;5-9,11,16-17H,10,12-14H2,1-4H3;4,7-10,12,16H,5-6,11,13-14H2,1-3H3. The van der Waals surface area contributed by atoms with Crippen LogP contribution in [0.15, 0.2) is 261 Å². The third kappa shape index (κ3) is 28.8. The first-order valence-electron chi connectivity index (χ1n) is 49.7. The summed E-state index contributed by atoms with van der Waals surface area (Å²) in [4.78, 5) is 97.5. The number of anilines is 1. The van der Waals surface area contributed by atoms with E-state index in [-0.39, 0.29) is 76.1 Å². The molecule has 10 heterocycles. The Morgan fingerprint density at radius 2 is 0.607 bits per heavy atom. The lowest BCUT2D eigenvalue weighted by Crippen LogP contribution is -2.47. The maximum atomic E-state index is 13.2. The molecule has 4 saturated heterocycles. The molecule has 0 bridgehead atoms. The van der Waals surface area contributed by atoms with Crippen molar-refractivity contribution in [2.75, 3.05) is 50.7 Å². The second-order valence-corrected chi connectivity index (χ2v) is 49.7. The smallest absolute Gasteiger partial charge is 0.276 e. The maximum Gasteiger partial charge on any atom is 0.276 e. The number of fused-ring (bicyclic) bond motifs is 1. The molecular formula is C115H134N10O15S5. The summed E-state index contributed by atoms with van der Waals surface area (Å²) in [6.45, 7) is 34.1. The van der Waals surface area contributed by atoms with Gasteiger partial charge < -0.3 is 24.5 Å². The van der Waals surface area contributed by atoms with Crippen LogP contribution in [0.2, 0.25) is 0 Å². The number of carbonyl (C=O) groups excluding carboxylic acids is 5. The molecule has 12 aromatic rings. The number of para-hydroxylation sites is 1. The van der Waals surface area contributed by atoms with Crippen LogP contribution in [0.25, 0.3) is 0 Å². The Morgan fingerprint density at radius 1 is 0.290 bits per heavy atom. The predicted octanol–water partition coefficient (Wildman–Crippen LogP) is 20.4.